The second-order valence-corrected chi connectivity index (χ2v) is 9.83. The van der Waals surface area contributed by atoms with Gasteiger partial charge in [0.15, 0.2) is 11.2 Å². The summed E-state index contributed by atoms with van der Waals surface area (Å²) in [5.41, 5.74) is -1.14. The summed E-state index contributed by atoms with van der Waals surface area (Å²) >= 11 is 6.23. The van der Waals surface area contributed by atoms with Crippen LogP contribution in [0.3, 0.4) is 0 Å². The Morgan fingerprint density at radius 1 is 1.30 bits per heavy atom. The van der Waals surface area contributed by atoms with Crippen molar-refractivity contribution >= 4 is 11.6 Å². The normalized spacial score (nSPS) is 34.4. The molecular formula is C26H26ClN3O3. The van der Waals surface area contributed by atoms with E-state index in [1.165, 1.54) is 6.20 Å². The van der Waals surface area contributed by atoms with E-state index >= 15 is 0 Å². The Kier molecular flexibility index (Phi) is 5.34. The molecule has 6 atom stereocenters. The number of pyridine rings is 1. The van der Waals surface area contributed by atoms with Crippen LogP contribution in [0, 0.1) is 23.2 Å². The minimum absolute atomic E-state index is 0.306. The molecule has 1 aromatic heterocycles. The van der Waals surface area contributed by atoms with Gasteiger partial charge < -0.3 is 19.8 Å². The first-order valence-corrected chi connectivity index (χ1v) is 11.4. The molecule has 33 heavy (non-hydrogen) atoms. The second-order valence-electron chi connectivity index (χ2n) is 9.39. The van der Waals surface area contributed by atoms with E-state index in [0.717, 1.165) is 5.56 Å². The summed E-state index contributed by atoms with van der Waals surface area (Å²) in [4.78, 5) is 6.48. The van der Waals surface area contributed by atoms with Gasteiger partial charge in [-0.1, -0.05) is 54.1 Å². The summed E-state index contributed by atoms with van der Waals surface area (Å²) in [5, 5.41) is 34.0. The number of allylic oxidation sites excluding steroid dienone is 3. The number of nitrogens with zero attached hydrogens (tertiary/aromatic N) is 3. The Balaban J connectivity index is 1.77. The number of aliphatic hydroxyl groups is 2. The van der Waals surface area contributed by atoms with E-state index < -0.39 is 17.3 Å². The molecule has 2 heterocycles. The average Bonchev–Trinajstić information content (AvgIpc) is 3.17. The van der Waals surface area contributed by atoms with Crippen LogP contribution in [0.15, 0.2) is 66.4 Å². The lowest BCUT2D eigenvalue weighted by molar-refractivity contribution is -0.164. The van der Waals surface area contributed by atoms with Gasteiger partial charge in [-0.25, -0.2) is 0 Å². The quantitative estimate of drug-likeness (QED) is 0.722. The van der Waals surface area contributed by atoms with E-state index in [9.17, 15) is 15.5 Å². The van der Waals surface area contributed by atoms with Crippen molar-refractivity contribution in [1.29, 1.82) is 5.26 Å². The van der Waals surface area contributed by atoms with Gasteiger partial charge in [-0.15, -0.1) is 0 Å². The molecule has 1 saturated carbocycles. The molecule has 0 amide bonds. The fourth-order valence-corrected chi connectivity index (χ4v) is 6.25. The highest BCUT2D eigenvalue weighted by Crippen LogP contribution is 2.67. The summed E-state index contributed by atoms with van der Waals surface area (Å²) in [6.45, 7) is 0.548. The molecule has 7 heteroatoms. The predicted octanol–water partition coefficient (Wildman–Crippen LogP) is 3.42. The van der Waals surface area contributed by atoms with Gasteiger partial charge in [-0.05, 0) is 32.2 Å². The largest absolute Gasteiger partial charge is 0.480 e. The summed E-state index contributed by atoms with van der Waals surface area (Å²) in [5.74, 6) is -0.593. The fourth-order valence-electron chi connectivity index (χ4n) is 6.10. The molecule has 0 bridgehead atoms. The van der Waals surface area contributed by atoms with Crippen molar-refractivity contribution < 1.29 is 14.9 Å². The first-order chi connectivity index (χ1) is 15.8. The molecule has 2 N–H and O–H groups in total. The Labute approximate surface area is 198 Å². The number of aromatic nitrogens is 1. The van der Waals surface area contributed by atoms with E-state index in [4.69, 9.17) is 16.3 Å². The molecule has 6 nitrogen and oxygen atoms in total. The van der Waals surface area contributed by atoms with E-state index in [1.807, 2.05) is 61.5 Å². The van der Waals surface area contributed by atoms with Crippen molar-refractivity contribution in [1.82, 2.24) is 9.88 Å². The number of hydrogen-bond acceptors (Lipinski definition) is 6. The smallest absolute Gasteiger partial charge is 0.177 e. The molecule has 5 rings (SSSR count). The van der Waals surface area contributed by atoms with Crippen LogP contribution in [-0.4, -0.2) is 52.4 Å². The van der Waals surface area contributed by atoms with Crippen LogP contribution in [-0.2, 0) is 5.60 Å². The van der Waals surface area contributed by atoms with Gasteiger partial charge in [0.2, 0.25) is 0 Å². The van der Waals surface area contributed by atoms with Crippen LogP contribution in [0.1, 0.15) is 23.6 Å². The molecule has 1 aromatic carbocycles. The van der Waals surface area contributed by atoms with Gasteiger partial charge in [0, 0.05) is 42.1 Å². The van der Waals surface area contributed by atoms with Gasteiger partial charge >= 0.3 is 0 Å². The van der Waals surface area contributed by atoms with Gasteiger partial charge in [0.1, 0.15) is 11.4 Å². The maximum atomic E-state index is 12.5. The maximum absolute atomic E-state index is 12.5. The Bertz CT molecular complexity index is 1180. The lowest BCUT2D eigenvalue weighted by Crippen LogP contribution is -2.59. The van der Waals surface area contributed by atoms with Crippen LogP contribution >= 0.6 is 11.6 Å². The number of ether oxygens (including phenoxy) is 1. The second kappa shape index (κ2) is 7.96. The van der Waals surface area contributed by atoms with Crippen LogP contribution in [0.25, 0.3) is 0 Å². The first-order valence-electron chi connectivity index (χ1n) is 11.1. The zero-order chi connectivity index (χ0) is 23.4. The number of fused-ring (bicyclic) bond motifs is 3. The number of nitriles is 1. The average molecular weight is 464 g/mol. The number of hydrogen-bond donors (Lipinski definition) is 2. The molecule has 2 aromatic rings. The number of rotatable bonds is 4. The third-order valence-electron chi connectivity index (χ3n) is 7.29. The molecular weight excluding hydrogens is 438 g/mol. The number of benzene rings is 1. The Hall–Kier alpha value is -2.69. The van der Waals surface area contributed by atoms with Crippen LogP contribution < -0.4 is 4.74 Å². The van der Waals surface area contributed by atoms with Gasteiger partial charge in [-0.3, -0.25) is 4.98 Å². The van der Waals surface area contributed by atoms with Crippen molar-refractivity contribution in [3.05, 3.63) is 82.7 Å². The summed E-state index contributed by atoms with van der Waals surface area (Å²) in [6.07, 6.45) is 6.40. The van der Waals surface area contributed by atoms with Crippen molar-refractivity contribution in [2.24, 2.45) is 11.8 Å². The monoisotopic (exact) mass is 463 g/mol. The first kappa shape index (κ1) is 22.1. The summed E-state index contributed by atoms with van der Waals surface area (Å²) < 4.78 is 6.72. The van der Waals surface area contributed by atoms with Crippen molar-refractivity contribution in [2.75, 3.05) is 20.6 Å². The minimum Gasteiger partial charge on any atom is -0.480 e. The topological polar surface area (TPSA) is 89.6 Å². The van der Waals surface area contributed by atoms with E-state index in [0.29, 0.717) is 35.0 Å². The number of halogens is 1. The third-order valence-corrected chi connectivity index (χ3v) is 7.50. The molecule has 3 aliphatic rings. The third kappa shape index (κ3) is 3.08. The van der Waals surface area contributed by atoms with Crippen LogP contribution in [0.5, 0.6) is 5.75 Å². The minimum atomic E-state index is -1.76. The van der Waals surface area contributed by atoms with E-state index in [-0.39, 0.29) is 17.8 Å². The van der Waals surface area contributed by atoms with Crippen molar-refractivity contribution in [3.8, 4) is 11.8 Å². The van der Waals surface area contributed by atoms with Gasteiger partial charge in [0.05, 0.1) is 17.2 Å². The van der Waals surface area contributed by atoms with Gasteiger partial charge in [0.25, 0.3) is 0 Å². The Morgan fingerprint density at radius 3 is 2.70 bits per heavy atom. The lowest BCUT2D eigenvalue weighted by atomic mass is 9.66. The van der Waals surface area contributed by atoms with Crippen molar-refractivity contribution in [2.45, 2.75) is 29.6 Å². The lowest BCUT2D eigenvalue weighted by Gasteiger charge is -2.45. The van der Waals surface area contributed by atoms with E-state index in [1.54, 1.807) is 12.1 Å². The molecule has 0 spiro atoms. The standard InChI is InChI=1S/C26H26ClN3O3/c1-30(2)15-20-22(17-6-4-3-5-7-17)26(18-10-8-16(13-28)9-11-18)25(32,24(20)31)23-21(33-26)12-19(27)14-29-23/h3-10,12,14,18,20,22,24,31-32H,11,15H2,1-2H3/t18?,20-,22+,24+,25-,26-/m0/s1. The van der Waals surface area contributed by atoms with Crippen molar-refractivity contribution in [3.63, 3.8) is 0 Å². The highest BCUT2D eigenvalue weighted by Gasteiger charge is 2.77. The molecule has 1 unspecified atom stereocenters. The molecule has 1 fully saturated rings. The van der Waals surface area contributed by atoms with Crippen LogP contribution in [0.4, 0.5) is 0 Å². The molecule has 1 aliphatic heterocycles. The molecule has 0 radical (unpaired) electrons. The zero-order valence-corrected chi connectivity index (χ0v) is 19.3. The predicted molar refractivity (Wildman–Crippen MR) is 125 cm³/mol. The summed E-state index contributed by atoms with van der Waals surface area (Å²) in [6, 6.07) is 13.7. The van der Waals surface area contributed by atoms with Crippen LogP contribution in [0.2, 0.25) is 5.02 Å². The SMILES string of the molecule is CN(C)C[C@@H]1[C@@H](O)[C@@]2(O)c3ncc(Cl)cc3O[C@@]2(C2C=CC(C#N)=CC2)[C@@H]1c1ccccc1. The zero-order valence-electron chi connectivity index (χ0n) is 18.5. The van der Waals surface area contributed by atoms with E-state index in [2.05, 4.69) is 11.1 Å². The van der Waals surface area contributed by atoms with Gasteiger partial charge in [-0.2, -0.15) is 5.26 Å². The molecule has 0 saturated heterocycles. The Morgan fingerprint density at radius 2 is 2.06 bits per heavy atom. The summed E-state index contributed by atoms with van der Waals surface area (Å²) in [7, 11) is 3.91. The number of aliphatic hydroxyl groups excluding tert-OH is 1. The molecule has 170 valence electrons. The maximum Gasteiger partial charge on any atom is 0.177 e. The molecule has 2 aliphatic carbocycles. The fraction of sp³-hybridized carbons (Fsp3) is 0.385. The highest BCUT2D eigenvalue weighted by atomic mass is 35.5. The highest BCUT2D eigenvalue weighted by molar-refractivity contribution is 6.30.